The molecule has 1 aliphatic rings. The van der Waals surface area contributed by atoms with Crippen LogP contribution >= 0.6 is 0 Å². The summed E-state index contributed by atoms with van der Waals surface area (Å²) in [5.41, 5.74) is 1.29. The molecule has 1 aliphatic heterocycles. The van der Waals surface area contributed by atoms with Gasteiger partial charge in [0.1, 0.15) is 5.69 Å². The van der Waals surface area contributed by atoms with Crippen LogP contribution in [0.15, 0.2) is 18.2 Å². The van der Waals surface area contributed by atoms with Crippen LogP contribution in [0.2, 0.25) is 0 Å². The van der Waals surface area contributed by atoms with Crippen molar-refractivity contribution in [1.29, 1.82) is 0 Å². The molecule has 0 bridgehead atoms. The zero-order chi connectivity index (χ0) is 15.4. The molecule has 1 unspecified atom stereocenters. The van der Waals surface area contributed by atoms with E-state index < -0.39 is 0 Å². The molecule has 0 saturated carbocycles. The van der Waals surface area contributed by atoms with E-state index in [1.165, 1.54) is 6.07 Å². The van der Waals surface area contributed by atoms with E-state index in [9.17, 15) is 20.3 Å². The van der Waals surface area contributed by atoms with Gasteiger partial charge in [-0.05, 0) is 24.6 Å². The van der Waals surface area contributed by atoms with Crippen LogP contribution in [-0.4, -0.2) is 58.9 Å². The van der Waals surface area contributed by atoms with Crippen LogP contribution in [-0.2, 0) is 6.61 Å². The molecular formula is C14H21N3O4. The summed E-state index contributed by atoms with van der Waals surface area (Å²) in [6, 6.07) is 4.81. The Labute approximate surface area is 123 Å². The maximum Gasteiger partial charge on any atom is 0.292 e. The van der Waals surface area contributed by atoms with Crippen molar-refractivity contribution in [2.45, 2.75) is 19.6 Å². The Morgan fingerprint density at radius 3 is 2.48 bits per heavy atom. The Bertz CT molecular complexity index is 501. The van der Waals surface area contributed by atoms with Crippen LogP contribution in [0, 0.1) is 10.1 Å². The van der Waals surface area contributed by atoms with Crippen LogP contribution in [0.5, 0.6) is 0 Å². The number of hydrogen-bond acceptors (Lipinski definition) is 6. The van der Waals surface area contributed by atoms with Gasteiger partial charge in [-0.2, -0.15) is 0 Å². The minimum absolute atomic E-state index is 0.0656. The molecule has 0 spiro atoms. The van der Waals surface area contributed by atoms with Crippen molar-refractivity contribution in [2.24, 2.45) is 0 Å². The van der Waals surface area contributed by atoms with Gasteiger partial charge in [-0.3, -0.25) is 15.0 Å². The first-order chi connectivity index (χ1) is 10.1. The summed E-state index contributed by atoms with van der Waals surface area (Å²) in [5, 5.41) is 29.6. The van der Waals surface area contributed by atoms with Gasteiger partial charge in [-0.1, -0.05) is 0 Å². The molecule has 21 heavy (non-hydrogen) atoms. The predicted molar refractivity (Wildman–Crippen MR) is 79.4 cm³/mol. The topological polar surface area (TPSA) is 90.1 Å². The first-order valence-corrected chi connectivity index (χ1v) is 7.05. The lowest BCUT2D eigenvalue weighted by molar-refractivity contribution is -0.384. The van der Waals surface area contributed by atoms with E-state index in [1.54, 1.807) is 12.1 Å². The molecule has 0 aliphatic carbocycles. The SMILES string of the molecule is CC(CO)N1CCN(c2cc(CO)ccc2[N+](=O)[O-])CC1. The van der Waals surface area contributed by atoms with Crippen LogP contribution < -0.4 is 4.90 Å². The van der Waals surface area contributed by atoms with Crippen molar-refractivity contribution >= 4 is 11.4 Å². The van der Waals surface area contributed by atoms with Crippen molar-refractivity contribution in [1.82, 2.24) is 4.90 Å². The second kappa shape index (κ2) is 6.84. The van der Waals surface area contributed by atoms with Crippen molar-refractivity contribution < 1.29 is 15.1 Å². The van der Waals surface area contributed by atoms with E-state index in [0.717, 1.165) is 13.1 Å². The van der Waals surface area contributed by atoms with Crippen LogP contribution in [0.25, 0.3) is 0 Å². The van der Waals surface area contributed by atoms with E-state index in [4.69, 9.17) is 0 Å². The molecule has 1 fully saturated rings. The highest BCUT2D eigenvalue weighted by Crippen LogP contribution is 2.30. The zero-order valence-electron chi connectivity index (χ0n) is 12.1. The maximum absolute atomic E-state index is 11.2. The van der Waals surface area contributed by atoms with E-state index in [0.29, 0.717) is 24.3 Å². The molecule has 0 radical (unpaired) electrons. The fraction of sp³-hybridized carbons (Fsp3) is 0.571. The fourth-order valence-electron chi connectivity index (χ4n) is 2.59. The molecule has 1 saturated heterocycles. The largest absolute Gasteiger partial charge is 0.395 e. The highest BCUT2D eigenvalue weighted by molar-refractivity contribution is 5.64. The van der Waals surface area contributed by atoms with Crippen molar-refractivity contribution in [3.8, 4) is 0 Å². The third-order valence-corrected chi connectivity index (χ3v) is 3.96. The minimum atomic E-state index is -0.390. The smallest absolute Gasteiger partial charge is 0.292 e. The van der Waals surface area contributed by atoms with Gasteiger partial charge < -0.3 is 15.1 Å². The van der Waals surface area contributed by atoms with Crippen LogP contribution in [0.1, 0.15) is 12.5 Å². The normalized spacial score (nSPS) is 17.8. The summed E-state index contributed by atoms with van der Waals surface area (Å²) >= 11 is 0. The van der Waals surface area contributed by atoms with Gasteiger partial charge in [0.2, 0.25) is 0 Å². The van der Waals surface area contributed by atoms with Gasteiger partial charge in [0, 0.05) is 38.3 Å². The first-order valence-electron chi connectivity index (χ1n) is 7.05. The number of aliphatic hydroxyl groups excluding tert-OH is 2. The molecule has 116 valence electrons. The van der Waals surface area contributed by atoms with E-state index in [-0.39, 0.29) is 29.9 Å². The van der Waals surface area contributed by atoms with Crippen molar-refractivity contribution in [3.63, 3.8) is 0 Å². The molecule has 1 aromatic carbocycles. The molecule has 7 heteroatoms. The summed E-state index contributed by atoms with van der Waals surface area (Å²) in [6.07, 6.45) is 0. The number of anilines is 1. The number of nitro benzene ring substituents is 1. The molecule has 2 rings (SSSR count). The molecule has 1 heterocycles. The molecule has 1 atom stereocenters. The third-order valence-electron chi connectivity index (χ3n) is 3.96. The lowest BCUT2D eigenvalue weighted by Crippen LogP contribution is -2.50. The highest BCUT2D eigenvalue weighted by Gasteiger charge is 2.25. The standard InChI is InChI=1S/C14H21N3O4/c1-11(9-18)15-4-6-16(7-5-15)14-8-12(10-19)2-3-13(14)17(20)21/h2-3,8,11,18-19H,4-7,9-10H2,1H3. The quantitative estimate of drug-likeness (QED) is 0.610. The molecule has 2 N–H and O–H groups in total. The lowest BCUT2D eigenvalue weighted by Gasteiger charge is -2.38. The summed E-state index contributed by atoms with van der Waals surface area (Å²) in [7, 11) is 0. The van der Waals surface area contributed by atoms with Crippen molar-refractivity contribution in [3.05, 3.63) is 33.9 Å². The van der Waals surface area contributed by atoms with E-state index in [1.807, 2.05) is 11.8 Å². The Hall–Kier alpha value is -1.70. The van der Waals surface area contributed by atoms with E-state index in [2.05, 4.69) is 4.90 Å². The summed E-state index contributed by atoms with van der Waals surface area (Å²) < 4.78 is 0. The number of rotatable bonds is 5. The van der Waals surface area contributed by atoms with Gasteiger partial charge in [0.15, 0.2) is 0 Å². The predicted octanol–water partition coefficient (Wildman–Crippen LogP) is 0.590. The average molecular weight is 295 g/mol. The molecule has 7 nitrogen and oxygen atoms in total. The number of aliphatic hydroxyl groups is 2. The third kappa shape index (κ3) is 3.49. The number of benzene rings is 1. The molecular weight excluding hydrogens is 274 g/mol. The second-order valence-electron chi connectivity index (χ2n) is 5.29. The second-order valence-corrected chi connectivity index (χ2v) is 5.29. The monoisotopic (exact) mass is 295 g/mol. The van der Waals surface area contributed by atoms with Crippen molar-refractivity contribution in [2.75, 3.05) is 37.7 Å². The summed E-state index contributed by atoms with van der Waals surface area (Å²) in [5.74, 6) is 0. The number of piperazine rings is 1. The summed E-state index contributed by atoms with van der Waals surface area (Å²) in [6.45, 7) is 4.78. The average Bonchev–Trinajstić information content (AvgIpc) is 2.53. The van der Waals surface area contributed by atoms with Crippen LogP contribution in [0.3, 0.4) is 0 Å². The highest BCUT2D eigenvalue weighted by atomic mass is 16.6. The zero-order valence-corrected chi connectivity index (χ0v) is 12.1. The van der Waals surface area contributed by atoms with Gasteiger partial charge in [0.25, 0.3) is 5.69 Å². The number of hydrogen-bond donors (Lipinski definition) is 2. The molecule has 1 aromatic rings. The summed E-state index contributed by atoms with van der Waals surface area (Å²) in [4.78, 5) is 14.9. The van der Waals surface area contributed by atoms with Gasteiger partial charge >= 0.3 is 0 Å². The van der Waals surface area contributed by atoms with Gasteiger partial charge in [-0.25, -0.2) is 0 Å². The fourth-order valence-corrected chi connectivity index (χ4v) is 2.59. The number of nitro groups is 1. The maximum atomic E-state index is 11.2. The lowest BCUT2D eigenvalue weighted by atomic mass is 10.1. The van der Waals surface area contributed by atoms with Gasteiger partial charge in [-0.15, -0.1) is 0 Å². The Morgan fingerprint density at radius 2 is 1.95 bits per heavy atom. The Morgan fingerprint density at radius 1 is 1.29 bits per heavy atom. The number of nitrogens with zero attached hydrogens (tertiary/aromatic N) is 3. The van der Waals surface area contributed by atoms with E-state index >= 15 is 0 Å². The van der Waals surface area contributed by atoms with Crippen LogP contribution in [0.4, 0.5) is 11.4 Å². The molecule has 0 aromatic heterocycles. The minimum Gasteiger partial charge on any atom is -0.395 e. The Balaban J connectivity index is 2.17. The first kappa shape index (κ1) is 15.7. The van der Waals surface area contributed by atoms with Gasteiger partial charge in [0.05, 0.1) is 18.1 Å². The Kier molecular flexibility index (Phi) is 5.11. The molecule has 0 amide bonds.